The third-order valence-electron chi connectivity index (χ3n) is 2.93. The average Bonchev–Trinajstić information content (AvgIpc) is 2.49. The Labute approximate surface area is 117 Å². The van der Waals surface area contributed by atoms with Crippen LogP contribution in [0.25, 0.3) is 0 Å². The monoisotopic (exact) mass is 273 g/mol. The molecule has 0 aliphatic carbocycles. The molecule has 1 aromatic carbocycles. The number of aromatic nitrogens is 1. The number of rotatable bonds is 4. The fourth-order valence-corrected chi connectivity index (χ4v) is 1.93. The highest BCUT2D eigenvalue weighted by molar-refractivity contribution is 6.05. The van der Waals surface area contributed by atoms with Crippen LogP contribution >= 0.6 is 0 Å². The van der Waals surface area contributed by atoms with Crippen LogP contribution in [-0.4, -0.2) is 24.5 Å². The Morgan fingerprint density at radius 3 is 2.65 bits per heavy atom. The first kappa shape index (κ1) is 14.0. The summed E-state index contributed by atoms with van der Waals surface area (Å²) in [5.74, 6) is -0.150. The minimum Gasteiger partial charge on any atom is -0.373 e. The predicted octanol–water partition coefficient (Wildman–Crippen LogP) is 2.93. The molecule has 0 unspecified atom stereocenters. The van der Waals surface area contributed by atoms with Gasteiger partial charge in [-0.25, -0.2) is 9.37 Å². The van der Waals surface area contributed by atoms with E-state index in [1.165, 1.54) is 11.0 Å². The van der Waals surface area contributed by atoms with Crippen molar-refractivity contribution < 1.29 is 9.18 Å². The van der Waals surface area contributed by atoms with Gasteiger partial charge in [0.1, 0.15) is 17.3 Å². The van der Waals surface area contributed by atoms with E-state index >= 15 is 0 Å². The number of para-hydroxylation sites is 1. The minimum absolute atomic E-state index is 0.261. The lowest BCUT2D eigenvalue weighted by atomic mass is 10.2. The zero-order valence-electron chi connectivity index (χ0n) is 11.4. The van der Waals surface area contributed by atoms with Crippen LogP contribution in [0.1, 0.15) is 17.4 Å². The molecule has 1 aromatic heterocycles. The van der Waals surface area contributed by atoms with Crippen molar-refractivity contribution in [2.24, 2.45) is 0 Å². The second-order valence-corrected chi connectivity index (χ2v) is 4.16. The molecule has 1 heterocycles. The first-order chi connectivity index (χ1) is 9.67. The summed E-state index contributed by atoms with van der Waals surface area (Å²) >= 11 is 0. The van der Waals surface area contributed by atoms with Crippen LogP contribution in [0.5, 0.6) is 0 Å². The summed E-state index contributed by atoms with van der Waals surface area (Å²) in [6.45, 7) is 2.16. The molecule has 0 saturated heterocycles. The van der Waals surface area contributed by atoms with Gasteiger partial charge < -0.3 is 10.2 Å². The molecule has 0 spiro atoms. The lowest BCUT2D eigenvalue weighted by Gasteiger charge is -2.21. The number of carbonyl (C=O) groups is 1. The summed E-state index contributed by atoms with van der Waals surface area (Å²) in [5, 5.41) is 2.87. The molecule has 2 aromatic rings. The van der Waals surface area contributed by atoms with Gasteiger partial charge in [0.25, 0.3) is 5.91 Å². The lowest BCUT2D eigenvalue weighted by molar-refractivity contribution is 0.0983. The zero-order valence-corrected chi connectivity index (χ0v) is 11.4. The maximum absolute atomic E-state index is 13.8. The maximum atomic E-state index is 13.8. The van der Waals surface area contributed by atoms with E-state index in [1.807, 2.05) is 0 Å². The quantitative estimate of drug-likeness (QED) is 0.931. The molecule has 20 heavy (non-hydrogen) atoms. The number of amides is 1. The van der Waals surface area contributed by atoms with Gasteiger partial charge in [-0.15, -0.1) is 0 Å². The van der Waals surface area contributed by atoms with Gasteiger partial charge in [-0.05, 0) is 31.2 Å². The van der Waals surface area contributed by atoms with Crippen LogP contribution < -0.4 is 10.2 Å². The molecule has 1 N–H and O–H groups in total. The second kappa shape index (κ2) is 6.14. The Bertz CT molecular complexity index is 616. The van der Waals surface area contributed by atoms with Gasteiger partial charge in [-0.3, -0.25) is 4.79 Å². The summed E-state index contributed by atoms with van der Waals surface area (Å²) in [7, 11) is 1.73. The van der Waals surface area contributed by atoms with E-state index in [0.717, 1.165) is 0 Å². The third-order valence-corrected chi connectivity index (χ3v) is 2.93. The van der Waals surface area contributed by atoms with Crippen molar-refractivity contribution in [1.29, 1.82) is 0 Å². The highest BCUT2D eigenvalue weighted by Crippen LogP contribution is 2.20. The Morgan fingerprint density at radius 2 is 2.00 bits per heavy atom. The molecule has 1 amide bonds. The summed E-state index contributed by atoms with van der Waals surface area (Å²) in [6.07, 6.45) is 0. The molecule has 5 heteroatoms. The number of hydrogen-bond donors (Lipinski definition) is 1. The third kappa shape index (κ3) is 2.77. The van der Waals surface area contributed by atoms with Gasteiger partial charge >= 0.3 is 0 Å². The highest BCUT2D eigenvalue weighted by atomic mass is 19.1. The number of nitrogens with one attached hydrogen (secondary N) is 1. The first-order valence-corrected chi connectivity index (χ1v) is 6.38. The lowest BCUT2D eigenvalue weighted by Crippen LogP contribution is -2.32. The Hall–Kier alpha value is -2.43. The summed E-state index contributed by atoms with van der Waals surface area (Å²) < 4.78 is 13.8. The highest BCUT2D eigenvalue weighted by Gasteiger charge is 2.20. The van der Waals surface area contributed by atoms with Crippen molar-refractivity contribution in [1.82, 2.24) is 4.98 Å². The van der Waals surface area contributed by atoms with E-state index < -0.39 is 5.82 Å². The van der Waals surface area contributed by atoms with Crippen LogP contribution in [0.3, 0.4) is 0 Å². The molecule has 0 bridgehead atoms. The molecular weight excluding hydrogens is 257 g/mol. The Balaban J connectivity index is 2.36. The number of halogens is 1. The largest absolute Gasteiger partial charge is 0.373 e. The van der Waals surface area contributed by atoms with Gasteiger partial charge in [0.15, 0.2) is 0 Å². The summed E-state index contributed by atoms with van der Waals surface area (Å²) in [5.41, 5.74) is 0.540. The Kier molecular flexibility index (Phi) is 4.30. The standard InChI is InChI=1S/C15H16FN3O/c1-3-19(13-9-5-4-7-11(13)16)15(20)12-8-6-10-14(17-2)18-12/h4-10H,3H2,1-2H3,(H,17,18). The van der Waals surface area contributed by atoms with Crippen LogP contribution in [0.4, 0.5) is 15.9 Å². The molecule has 0 saturated carbocycles. The maximum Gasteiger partial charge on any atom is 0.277 e. The molecule has 104 valence electrons. The minimum atomic E-state index is -0.424. The van der Waals surface area contributed by atoms with Crippen LogP contribution in [0, 0.1) is 5.82 Å². The average molecular weight is 273 g/mol. The molecule has 2 rings (SSSR count). The molecule has 0 radical (unpaired) electrons. The van der Waals surface area contributed by atoms with E-state index in [1.54, 1.807) is 50.4 Å². The number of nitrogens with zero attached hydrogens (tertiary/aromatic N) is 2. The SMILES string of the molecule is CCN(C(=O)c1cccc(NC)n1)c1ccccc1F. The summed E-state index contributed by atoms with van der Waals surface area (Å²) in [4.78, 5) is 18.0. The predicted molar refractivity (Wildman–Crippen MR) is 77.5 cm³/mol. The van der Waals surface area contributed by atoms with Gasteiger partial charge in [-0.1, -0.05) is 18.2 Å². The van der Waals surface area contributed by atoms with E-state index in [4.69, 9.17) is 0 Å². The smallest absolute Gasteiger partial charge is 0.277 e. The van der Waals surface area contributed by atoms with Crippen molar-refractivity contribution in [3.8, 4) is 0 Å². The number of carbonyl (C=O) groups excluding carboxylic acids is 1. The first-order valence-electron chi connectivity index (χ1n) is 6.38. The van der Waals surface area contributed by atoms with Gasteiger partial charge in [0.2, 0.25) is 0 Å². The van der Waals surface area contributed by atoms with Crippen LogP contribution in [0.15, 0.2) is 42.5 Å². The molecule has 0 fully saturated rings. The van der Waals surface area contributed by atoms with Crippen molar-refractivity contribution in [3.05, 3.63) is 54.0 Å². The van der Waals surface area contributed by atoms with Crippen molar-refractivity contribution in [2.75, 3.05) is 23.8 Å². The molecule has 0 atom stereocenters. The second-order valence-electron chi connectivity index (χ2n) is 4.16. The Morgan fingerprint density at radius 1 is 1.25 bits per heavy atom. The molecule has 4 nitrogen and oxygen atoms in total. The number of hydrogen-bond acceptors (Lipinski definition) is 3. The molecule has 0 aliphatic heterocycles. The van der Waals surface area contributed by atoms with Gasteiger partial charge in [0.05, 0.1) is 5.69 Å². The molecule has 0 aliphatic rings. The van der Waals surface area contributed by atoms with E-state index in [0.29, 0.717) is 12.4 Å². The number of anilines is 2. The van der Waals surface area contributed by atoms with Crippen molar-refractivity contribution >= 4 is 17.4 Å². The number of pyridine rings is 1. The summed E-state index contributed by atoms with van der Waals surface area (Å²) in [6, 6.07) is 11.3. The van der Waals surface area contributed by atoms with Crippen molar-refractivity contribution in [2.45, 2.75) is 6.92 Å². The van der Waals surface area contributed by atoms with E-state index in [-0.39, 0.29) is 17.3 Å². The van der Waals surface area contributed by atoms with Gasteiger partial charge in [-0.2, -0.15) is 0 Å². The van der Waals surface area contributed by atoms with Gasteiger partial charge in [0, 0.05) is 13.6 Å². The fourth-order valence-electron chi connectivity index (χ4n) is 1.93. The van der Waals surface area contributed by atoms with E-state index in [9.17, 15) is 9.18 Å². The van der Waals surface area contributed by atoms with Crippen molar-refractivity contribution in [3.63, 3.8) is 0 Å². The number of benzene rings is 1. The van der Waals surface area contributed by atoms with E-state index in [2.05, 4.69) is 10.3 Å². The normalized spacial score (nSPS) is 10.2. The molecular formula is C15H16FN3O. The topological polar surface area (TPSA) is 45.2 Å². The van der Waals surface area contributed by atoms with Crippen LogP contribution in [0.2, 0.25) is 0 Å². The fraction of sp³-hybridized carbons (Fsp3) is 0.200. The zero-order chi connectivity index (χ0) is 14.5. The van der Waals surface area contributed by atoms with Crippen LogP contribution in [-0.2, 0) is 0 Å².